The van der Waals surface area contributed by atoms with Crippen LogP contribution in [0, 0.1) is 0 Å². The van der Waals surface area contributed by atoms with Crippen LogP contribution in [-0.2, 0) is 17.9 Å². The van der Waals surface area contributed by atoms with E-state index in [0.717, 1.165) is 30.4 Å². The molecule has 1 amide bonds. The van der Waals surface area contributed by atoms with Gasteiger partial charge in [0.05, 0.1) is 17.1 Å². The number of aromatic nitrogens is 2. The summed E-state index contributed by atoms with van der Waals surface area (Å²) in [6, 6.07) is 17.9. The van der Waals surface area contributed by atoms with Crippen molar-refractivity contribution >= 4 is 16.9 Å². The first-order valence-electron chi connectivity index (χ1n) is 9.23. The highest BCUT2D eigenvalue weighted by Crippen LogP contribution is 2.32. The SMILES string of the molecule is CCn1c(=O)n(CC(=O)N2CCCC2c2ccccc2)c2ccccc21. The Morgan fingerprint density at radius 2 is 1.65 bits per heavy atom. The molecule has 3 aromatic rings. The number of para-hydroxylation sites is 2. The topological polar surface area (TPSA) is 47.2 Å². The molecule has 5 nitrogen and oxygen atoms in total. The van der Waals surface area contributed by atoms with Crippen molar-refractivity contribution in [1.29, 1.82) is 0 Å². The maximum atomic E-state index is 13.0. The van der Waals surface area contributed by atoms with Gasteiger partial charge in [-0.1, -0.05) is 42.5 Å². The molecule has 2 heterocycles. The second-order valence-electron chi connectivity index (χ2n) is 6.76. The van der Waals surface area contributed by atoms with Gasteiger partial charge in [0.2, 0.25) is 5.91 Å². The first kappa shape index (κ1) is 16.6. The average molecular weight is 349 g/mol. The number of carbonyl (C=O) groups excluding carboxylic acids is 1. The second-order valence-corrected chi connectivity index (χ2v) is 6.76. The monoisotopic (exact) mass is 349 g/mol. The van der Waals surface area contributed by atoms with Crippen LogP contribution < -0.4 is 5.69 Å². The zero-order chi connectivity index (χ0) is 18.1. The molecule has 0 radical (unpaired) electrons. The normalized spacial score (nSPS) is 17.1. The Kier molecular flexibility index (Phi) is 4.37. The van der Waals surface area contributed by atoms with Crippen LogP contribution in [0.3, 0.4) is 0 Å². The molecule has 1 unspecified atom stereocenters. The van der Waals surface area contributed by atoms with Crippen LogP contribution in [0.15, 0.2) is 59.4 Å². The molecule has 0 N–H and O–H groups in total. The third-order valence-corrected chi connectivity index (χ3v) is 5.29. The van der Waals surface area contributed by atoms with Crippen molar-refractivity contribution < 1.29 is 4.79 Å². The summed E-state index contributed by atoms with van der Waals surface area (Å²) in [5.41, 5.74) is 2.76. The number of likely N-dealkylation sites (tertiary alicyclic amines) is 1. The van der Waals surface area contributed by atoms with E-state index in [4.69, 9.17) is 0 Å². The lowest BCUT2D eigenvalue weighted by molar-refractivity contribution is -0.132. The first-order chi connectivity index (χ1) is 12.7. The number of benzene rings is 2. The number of amides is 1. The summed E-state index contributed by atoms with van der Waals surface area (Å²) in [5, 5.41) is 0. The van der Waals surface area contributed by atoms with Gasteiger partial charge in [0, 0.05) is 13.1 Å². The summed E-state index contributed by atoms with van der Waals surface area (Å²) in [7, 11) is 0. The Labute approximate surface area is 152 Å². The molecule has 1 aromatic heterocycles. The van der Waals surface area contributed by atoms with Gasteiger partial charge in [0.1, 0.15) is 6.54 Å². The van der Waals surface area contributed by atoms with Gasteiger partial charge in [-0.2, -0.15) is 0 Å². The highest BCUT2D eigenvalue weighted by Gasteiger charge is 2.30. The third kappa shape index (κ3) is 2.73. The minimum absolute atomic E-state index is 0.0115. The predicted octanol–water partition coefficient (Wildman–Crippen LogP) is 3.19. The summed E-state index contributed by atoms with van der Waals surface area (Å²) < 4.78 is 3.34. The molecule has 1 aliphatic rings. The van der Waals surface area contributed by atoms with Crippen LogP contribution in [0.4, 0.5) is 0 Å². The number of aryl methyl sites for hydroxylation is 1. The minimum Gasteiger partial charge on any atom is -0.334 e. The van der Waals surface area contributed by atoms with Gasteiger partial charge in [-0.05, 0) is 37.5 Å². The summed E-state index contributed by atoms with van der Waals surface area (Å²) in [6.07, 6.45) is 1.97. The molecule has 0 aliphatic carbocycles. The fraction of sp³-hybridized carbons (Fsp3) is 0.333. The van der Waals surface area contributed by atoms with Gasteiger partial charge < -0.3 is 4.90 Å². The van der Waals surface area contributed by atoms with E-state index in [1.54, 1.807) is 9.13 Å². The molecular weight excluding hydrogens is 326 g/mol. The lowest BCUT2D eigenvalue weighted by Crippen LogP contribution is -2.36. The maximum absolute atomic E-state index is 13.0. The van der Waals surface area contributed by atoms with E-state index in [0.29, 0.717) is 6.54 Å². The molecule has 5 heteroatoms. The predicted molar refractivity (Wildman–Crippen MR) is 102 cm³/mol. The second kappa shape index (κ2) is 6.83. The molecule has 1 fully saturated rings. The van der Waals surface area contributed by atoms with Gasteiger partial charge in [-0.3, -0.25) is 13.9 Å². The van der Waals surface area contributed by atoms with Crippen LogP contribution >= 0.6 is 0 Å². The fourth-order valence-electron chi connectivity index (χ4n) is 4.04. The smallest absolute Gasteiger partial charge is 0.329 e. The Balaban J connectivity index is 1.66. The number of nitrogens with zero attached hydrogens (tertiary/aromatic N) is 3. The highest BCUT2D eigenvalue weighted by molar-refractivity contribution is 5.81. The van der Waals surface area contributed by atoms with E-state index >= 15 is 0 Å². The molecule has 26 heavy (non-hydrogen) atoms. The van der Waals surface area contributed by atoms with Crippen LogP contribution in [0.2, 0.25) is 0 Å². The Hall–Kier alpha value is -2.82. The largest absolute Gasteiger partial charge is 0.334 e. The van der Waals surface area contributed by atoms with E-state index in [2.05, 4.69) is 12.1 Å². The van der Waals surface area contributed by atoms with Crippen LogP contribution in [0.1, 0.15) is 31.4 Å². The lowest BCUT2D eigenvalue weighted by atomic mass is 10.0. The fourth-order valence-corrected chi connectivity index (χ4v) is 4.04. The van der Waals surface area contributed by atoms with E-state index in [9.17, 15) is 9.59 Å². The van der Waals surface area contributed by atoms with Crippen molar-refractivity contribution in [1.82, 2.24) is 14.0 Å². The van der Waals surface area contributed by atoms with Gasteiger partial charge in [0.15, 0.2) is 0 Å². The van der Waals surface area contributed by atoms with E-state index in [1.165, 1.54) is 5.56 Å². The van der Waals surface area contributed by atoms with E-state index in [1.807, 2.05) is 54.3 Å². The van der Waals surface area contributed by atoms with Crippen LogP contribution in [-0.4, -0.2) is 26.5 Å². The van der Waals surface area contributed by atoms with Crippen molar-refractivity contribution in [3.05, 3.63) is 70.6 Å². The minimum atomic E-state index is -0.113. The molecule has 4 rings (SSSR count). The van der Waals surface area contributed by atoms with Crippen molar-refractivity contribution in [2.24, 2.45) is 0 Å². The zero-order valence-corrected chi connectivity index (χ0v) is 15.0. The molecule has 1 atom stereocenters. The number of fused-ring (bicyclic) bond motifs is 1. The van der Waals surface area contributed by atoms with Gasteiger partial charge in [0.25, 0.3) is 0 Å². The number of hydrogen-bond acceptors (Lipinski definition) is 2. The standard InChI is InChI=1S/C21H23N3O2/c1-2-22-18-11-6-7-12-19(18)24(21(22)26)15-20(25)23-14-8-13-17(23)16-9-4-3-5-10-16/h3-7,9-12,17H,2,8,13-15H2,1H3. The molecular formula is C21H23N3O2. The maximum Gasteiger partial charge on any atom is 0.329 e. The van der Waals surface area contributed by atoms with E-state index in [-0.39, 0.29) is 24.2 Å². The molecule has 0 saturated carbocycles. The number of hydrogen-bond donors (Lipinski definition) is 0. The Bertz CT molecular complexity index is 987. The summed E-state index contributed by atoms with van der Waals surface area (Å²) >= 11 is 0. The first-order valence-corrected chi connectivity index (χ1v) is 9.23. The molecule has 0 bridgehead atoms. The van der Waals surface area contributed by atoms with Crippen molar-refractivity contribution in [3.8, 4) is 0 Å². The lowest BCUT2D eigenvalue weighted by Gasteiger charge is -2.25. The molecule has 2 aromatic carbocycles. The zero-order valence-electron chi connectivity index (χ0n) is 15.0. The molecule has 134 valence electrons. The molecule has 1 aliphatic heterocycles. The Morgan fingerprint density at radius 1 is 1.00 bits per heavy atom. The van der Waals surface area contributed by atoms with Crippen molar-refractivity contribution in [2.75, 3.05) is 6.54 Å². The van der Waals surface area contributed by atoms with Gasteiger partial charge in [-0.15, -0.1) is 0 Å². The van der Waals surface area contributed by atoms with Crippen molar-refractivity contribution in [3.63, 3.8) is 0 Å². The summed E-state index contributed by atoms with van der Waals surface area (Å²) in [4.78, 5) is 27.8. The van der Waals surface area contributed by atoms with E-state index < -0.39 is 0 Å². The van der Waals surface area contributed by atoms with Crippen LogP contribution in [0.5, 0.6) is 0 Å². The summed E-state index contributed by atoms with van der Waals surface area (Å²) in [6.45, 7) is 3.39. The number of rotatable bonds is 4. The summed E-state index contributed by atoms with van der Waals surface area (Å²) in [5.74, 6) is 0.0115. The van der Waals surface area contributed by atoms with Gasteiger partial charge in [-0.25, -0.2) is 4.79 Å². The molecule has 1 saturated heterocycles. The number of imidazole rings is 1. The van der Waals surface area contributed by atoms with Crippen molar-refractivity contribution in [2.45, 2.75) is 38.9 Å². The quantitative estimate of drug-likeness (QED) is 0.726. The van der Waals surface area contributed by atoms with Crippen LogP contribution in [0.25, 0.3) is 11.0 Å². The third-order valence-electron chi connectivity index (χ3n) is 5.29. The van der Waals surface area contributed by atoms with Gasteiger partial charge >= 0.3 is 5.69 Å². The Morgan fingerprint density at radius 3 is 2.35 bits per heavy atom. The number of carbonyl (C=O) groups is 1. The average Bonchev–Trinajstić information content (AvgIpc) is 3.26. The molecule has 0 spiro atoms. The highest BCUT2D eigenvalue weighted by atomic mass is 16.2.